The number of carbonyl (C=O) groups is 4. The molecule has 4 N–H and O–H groups in total. The summed E-state index contributed by atoms with van der Waals surface area (Å²) in [7, 11) is 2.28. The monoisotopic (exact) mass is 832 g/mol. The van der Waals surface area contributed by atoms with Gasteiger partial charge in [-0.3, -0.25) is 29.0 Å². The van der Waals surface area contributed by atoms with Crippen molar-refractivity contribution in [1.29, 1.82) is 0 Å². The van der Waals surface area contributed by atoms with E-state index in [4.69, 9.17) is 4.74 Å². The van der Waals surface area contributed by atoms with E-state index in [1.54, 1.807) is 35.2 Å². The van der Waals surface area contributed by atoms with Crippen molar-refractivity contribution in [2.75, 3.05) is 40.1 Å². The molecule has 57 heavy (non-hydrogen) atoms. The molecule has 0 aromatic heterocycles. The zero-order valence-corrected chi connectivity index (χ0v) is 36.2. The fourth-order valence-corrected chi connectivity index (χ4v) is 8.35. The third kappa shape index (κ3) is 13.0. The third-order valence-electron chi connectivity index (χ3n) is 10.3. The Labute approximate surface area is 336 Å². The maximum absolute atomic E-state index is 14.1. The van der Waals surface area contributed by atoms with Crippen LogP contribution in [0.25, 0.3) is 0 Å². The van der Waals surface area contributed by atoms with Gasteiger partial charge in [0.2, 0.25) is 17.7 Å². The van der Waals surface area contributed by atoms with E-state index in [1.165, 1.54) is 14.0 Å². The first-order valence-corrected chi connectivity index (χ1v) is 20.5. The molecule has 1 aromatic rings. The van der Waals surface area contributed by atoms with Gasteiger partial charge in [0, 0.05) is 31.0 Å². The molecule has 0 bridgehead atoms. The SMILES string of the molecule is CO[C@H]([C@@H](C)C(=O)NS(=O)(=O)c1ccc(NC(=O)C(F)(F)F)cc1)[C@@H]1CCCN1C(=O)/C(C)=C/[C@H](C(C)C)N(C)C(O)[C@@H](NC(=O)[C@H](C(C)C)N(C)C)C(C)(C)C. The first-order chi connectivity index (χ1) is 26.1. The zero-order chi connectivity index (χ0) is 44.0. The van der Waals surface area contributed by atoms with Crippen LogP contribution in [-0.2, 0) is 33.9 Å². The number of anilines is 1. The lowest BCUT2D eigenvalue weighted by atomic mass is 9.84. The molecule has 18 heteroatoms. The largest absolute Gasteiger partial charge is 0.471 e. The highest BCUT2D eigenvalue weighted by atomic mass is 32.2. The molecule has 2 rings (SSSR count). The van der Waals surface area contributed by atoms with Gasteiger partial charge in [-0.25, -0.2) is 13.1 Å². The maximum Gasteiger partial charge on any atom is 0.471 e. The number of nitrogens with one attached hydrogen (secondary N) is 3. The van der Waals surface area contributed by atoms with Crippen molar-refractivity contribution in [3.63, 3.8) is 0 Å². The number of aliphatic hydroxyl groups excluding tert-OH is 1. The molecular formula is C39H63F3N6O8S. The summed E-state index contributed by atoms with van der Waals surface area (Å²) in [5.74, 6) is -4.80. The van der Waals surface area contributed by atoms with E-state index in [9.17, 15) is 45.9 Å². The van der Waals surface area contributed by atoms with Crippen LogP contribution in [0.4, 0.5) is 18.9 Å². The van der Waals surface area contributed by atoms with Crippen LogP contribution < -0.4 is 15.4 Å². The van der Waals surface area contributed by atoms with E-state index in [1.807, 2.05) is 72.2 Å². The molecule has 1 unspecified atom stereocenters. The van der Waals surface area contributed by atoms with E-state index < -0.39 is 80.7 Å². The van der Waals surface area contributed by atoms with Crippen LogP contribution >= 0.6 is 0 Å². The van der Waals surface area contributed by atoms with E-state index >= 15 is 0 Å². The zero-order valence-electron chi connectivity index (χ0n) is 35.4. The second-order valence-corrected chi connectivity index (χ2v) is 18.5. The number of carbonyl (C=O) groups excluding carboxylic acids is 4. The average molecular weight is 833 g/mol. The summed E-state index contributed by atoms with van der Waals surface area (Å²) in [5, 5.41) is 16.5. The third-order valence-corrected chi connectivity index (χ3v) is 11.7. The Kier molecular flexibility index (Phi) is 17.3. The highest BCUT2D eigenvalue weighted by Crippen LogP contribution is 2.30. The normalized spacial score (nSPS) is 19.0. The molecule has 1 aliphatic heterocycles. The Balaban J connectivity index is 2.29. The van der Waals surface area contributed by atoms with Gasteiger partial charge in [-0.15, -0.1) is 0 Å². The van der Waals surface area contributed by atoms with Crippen molar-refractivity contribution in [2.24, 2.45) is 23.2 Å². The van der Waals surface area contributed by atoms with Gasteiger partial charge in [-0.05, 0) is 82.4 Å². The van der Waals surface area contributed by atoms with Crippen molar-refractivity contribution >= 4 is 39.3 Å². The van der Waals surface area contributed by atoms with Crippen molar-refractivity contribution in [2.45, 2.75) is 123 Å². The predicted molar refractivity (Wildman–Crippen MR) is 211 cm³/mol. The number of rotatable bonds is 17. The number of amides is 4. The Bertz CT molecular complexity index is 1690. The number of likely N-dealkylation sites (tertiary alicyclic amines) is 1. The summed E-state index contributed by atoms with van der Waals surface area (Å²) >= 11 is 0. The molecule has 324 valence electrons. The van der Waals surface area contributed by atoms with Gasteiger partial charge < -0.3 is 25.4 Å². The average Bonchev–Trinajstić information content (AvgIpc) is 3.56. The lowest BCUT2D eigenvalue weighted by molar-refractivity contribution is -0.167. The van der Waals surface area contributed by atoms with Crippen molar-refractivity contribution in [3.8, 4) is 0 Å². The number of halogens is 3. The number of methoxy groups -OCH3 is 1. The number of aliphatic hydroxyl groups is 1. The van der Waals surface area contributed by atoms with Gasteiger partial charge in [0.15, 0.2) is 0 Å². The Morgan fingerprint density at radius 1 is 0.965 bits per heavy atom. The lowest BCUT2D eigenvalue weighted by Crippen LogP contribution is -2.61. The van der Waals surface area contributed by atoms with E-state index in [0.717, 1.165) is 24.3 Å². The number of alkyl halides is 3. The molecule has 0 radical (unpaired) electrons. The fourth-order valence-electron chi connectivity index (χ4n) is 7.29. The van der Waals surface area contributed by atoms with Gasteiger partial charge in [0.05, 0.1) is 35.0 Å². The maximum atomic E-state index is 14.1. The standard InChI is InChI=1S/C39H63F3N6O8S/c1-22(2)29(47(12)36(52)32(38(7,8)9)44-34(50)30(23(3)4)46(10)11)21-24(5)35(51)48-20-14-15-28(48)31(56-13)25(6)33(49)45-57(54,55)27-18-16-26(17-19-27)43-37(53)39(40,41)42/h16-19,21-23,25,28-32,36,52H,14-15,20H2,1-13H3,(H,43,53)(H,44,50)(H,45,49)/b24-21+/t25-,28+,29-,30+,31-,32-,36?/m1/s1. The van der Waals surface area contributed by atoms with Crippen molar-refractivity contribution < 1.29 is 50.6 Å². The number of hydrogen-bond acceptors (Lipinski definition) is 10. The number of sulfonamides is 1. The van der Waals surface area contributed by atoms with Crippen molar-refractivity contribution in [3.05, 3.63) is 35.9 Å². The van der Waals surface area contributed by atoms with Crippen LogP contribution in [0.15, 0.2) is 40.8 Å². The van der Waals surface area contributed by atoms with Crippen LogP contribution in [0.5, 0.6) is 0 Å². The molecule has 1 fully saturated rings. The summed E-state index contributed by atoms with van der Waals surface area (Å²) in [6, 6.07) is 1.68. The summed E-state index contributed by atoms with van der Waals surface area (Å²) in [6.07, 6.45) is -4.34. The first-order valence-electron chi connectivity index (χ1n) is 19.0. The van der Waals surface area contributed by atoms with Crippen LogP contribution in [0, 0.1) is 23.2 Å². The van der Waals surface area contributed by atoms with Gasteiger partial charge in [0.25, 0.3) is 10.0 Å². The minimum Gasteiger partial charge on any atom is -0.378 e. The first kappa shape index (κ1) is 49.6. The molecule has 1 saturated heterocycles. The quantitative estimate of drug-likeness (QED) is 0.133. The summed E-state index contributed by atoms with van der Waals surface area (Å²) < 4.78 is 71.7. The minimum absolute atomic E-state index is 0.0217. The Hall–Kier alpha value is -3.58. The number of ether oxygens (including phenoxy) is 1. The molecular weight excluding hydrogens is 770 g/mol. The van der Waals surface area contributed by atoms with Gasteiger partial charge in [0.1, 0.15) is 6.23 Å². The molecule has 14 nitrogen and oxygen atoms in total. The van der Waals surface area contributed by atoms with Crippen LogP contribution in [0.1, 0.15) is 75.2 Å². The van der Waals surface area contributed by atoms with Gasteiger partial charge >= 0.3 is 12.1 Å². The molecule has 0 saturated carbocycles. The molecule has 1 aliphatic rings. The van der Waals surface area contributed by atoms with E-state index in [2.05, 4.69) is 5.32 Å². The molecule has 1 aromatic carbocycles. The molecule has 0 spiro atoms. The van der Waals surface area contributed by atoms with Gasteiger partial charge in [-0.2, -0.15) is 13.2 Å². The van der Waals surface area contributed by atoms with E-state index in [0.29, 0.717) is 25.0 Å². The lowest BCUT2D eigenvalue weighted by Gasteiger charge is -2.43. The summed E-state index contributed by atoms with van der Waals surface area (Å²) in [5.41, 5.74) is -0.462. The highest BCUT2D eigenvalue weighted by molar-refractivity contribution is 7.90. The number of likely N-dealkylation sites (N-methyl/N-ethyl adjacent to an activating group) is 2. The summed E-state index contributed by atoms with van der Waals surface area (Å²) in [6.45, 7) is 17.1. The number of hydrogen-bond donors (Lipinski definition) is 4. The van der Waals surface area contributed by atoms with Crippen LogP contribution in [0.2, 0.25) is 0 Å². The topological polar surface area (TPSA) is 178 Å². The molecule has 1 heterocycles. The predicted octanol–water partition coefficient (Wildman–Crippen LogP) is 3.97. The summed E-state index contributed by atoms with van der Waals surface area (Å²) in [4.78, 5) is 56.9. The molecule has 7 atom stereocenters. The smallest absolute Gasteiger partial charge is 0.378 e. The Morgan fingerprint density at radius 3 is 1.98 bits per heavy atom. The van der Waals surface area contributed by atoms with Crippen LogP contribution in [0.3, 0.4) is 0 Å². The van der Waals surface area contributed by atoms with Gasteiger partial charge in [-0.1, -0.05) is 61.5 Å². The number of nitrogens with zero attached hydrogens (tertiary/aromatic N) is 3. The van der Waals surface area contributed by atoms with E-state index in [-0.39, 0.29) is 29.3 Å². The molecule has 0 aliphatic carbocycles. The highest BCUT2D eigenvalue weighted by Gasteiger charge is 2.43. The van der Waals surface area contributed by atoms with Crippen molar-refractivity contribution in [1.82, 2.24) is 24.7 Å². The molecule has 4 amide bonds. The van der Waals surface area contributed by atoms with Crippen LogP contribution in [-0.4, -0.2) is 129 Å². The number of benzene rings is 1. The second-order valence-electron chi connectivity index (χ2n) is 16.8. The fraction of sp³-hybridized carbons (Fsp3) is 0.692. The minimum atomic E-state index is -5.14. The Morgan fingerprint density at radius 2 is 1.53 bits per heavy atom. The second kappa shape index (κ2) is 19.9.